The molecule has 2 fully saturated rings. The van der Waals surface area contributed by atoms with E-state index >= 15 is 0 Å². The molecule has 1 N–H and O–H groups in total. The summed E-state index contributed by atoms with van der Waals surface area (Å²) >= 11 is 5.70. The van der Waals surface area contributed by atoms with E-state index in [1.807, 2.05) is 0 Å². The Morgan fingerprint density at radius 2 is 1.92 bits per heavy atom. The van der Waals surface area contributed by atoms with Gasteiger partial charge < -0.3 is 14.7 Å². The van der Waals surface area contributed by atoms with Crippen molar-refractivity contribution in [3.63, 3.8) is 0 Å². The smallest absolute Gasteiger partial charge is 0.418 e. The summed E-state index contributed by atoms with van der Waals surface area (Å²) in [6, 6.07) is 4.06. The van der Waals surface area contributed by atoms with Crippen molar-refractivity contribution < 1.29 is 27.8 Å². The van der Waals surface area contributed by atoms with Crippen LogP contribution in [-0.2, 0) is 17.5 Å². The summed E-state index contributed by atoms with van der Waals surface area (Å²) in [6.07, 6.45) is -4.23. The fraction of sp³-hybridized carbons (Fsp3) is 0.562. The molecule has 4 nitrogen and oxygen atoms in total. The van der Waals surface area contributed by atoms with Gasteiger partial charge >= 0.3 is 12.3 Å². The zero-order valence-corrected chi connectivity index (χ0v) is 13.5. The Hall–Kier alpha value is -1.47. The van der Waals surface area contributed by atoms with E-state index in [4.69, 9.17) is 21.4 Å². The third kappa shape index (κ3) is 3.47. The number of likely N-dealkylation sites (tertiary alicyclic amines) is 1. The lowest BCUT2D eigenvalue weighted by Crippen LogP contribution is -2.28. The van der Waals surface area contributed by atoms with Crippen LogP contribution >= 0.6 is 11.6 Å². The Morgan fingerprint density at radius 3 is 2.46 bits per heavy atom. The highest BCUT2D eigenvalue weighted by Gasteiger charge is 2.43. The molecule has 1 saturated heterocycles. The van der Waals surface area contributed by atoms with Gasteiger partial charge in [0.2, 0.25) is 0 Å². The summed E-state index contributed by atoms with van der Waals surface area (Å²) in [5, 5.41) is 8.67. The van der Waals surface area contributed by atoms with Gasteiger partial charge in [-0.05, 0) is 36.3 Å². The minimum atomic E-state index is -4.52. The maximum absolute atomic E-state index is 13.1. The summed E-state index contributed by atoms with van der Waals surface area (Å²) < 4.78 is 45.0. The molecule has 8 heteroatoms. The Morgan fingerprint density at radius 1 is 1.29 bits per heavy atom. The molecule has 2 aliphatic rings. The molecule has 0 aromatic heterocycles. The highest BCUT2D eigenvalue weighted by atomic mass is 35.5. The molecular formula is C16H17ClF3NO3. The molecule has 132 valence electrons. The van der Waals surface area contributed by atoms with Gasteiger partial charge in [-0.2, -0.15) is 13.2 Å². The van der Waals surface area contributed by atoms with Crippen molar-refractivity contribution in [1.82, 2.24) is 4.90 Å². The van der Waals surface area contributed by atoms with E-state index in [2.05, 4.69) is 0 Å². The fourth-order valence-electron chi connectivity index (χ4n) is 3.75. The monoisotopic (exact) mass is 363 g/mol. The van der Waals surface area contributed by atoms with E-state index in [0.29, 0.717) is 25.9 Å². The first-order chi connectivity index (χ1) is 11.3. The molecule has 1 aromatic rings. The number of halogens is 4. The van der Waals surface area contributed by atoms with Crippen LogP contribution in [0, 0.1) is 11.8 Å². The average molecular weight is 364 g/mol. The summed E-state index contributed by atoms with van der Waals surface area (Å²) in [7, 11) is 0. The zero-order valence-electron chi connectivity index (χ0n) is 12.7. The van der Waals surface area contributed by atoms with E-state index < -0.39 is 17.8 Å². The summed E-state index contributed by atoms with van der Waals surface area (Å²) in [6.45, 7) is 0.803. The number of amides is 1. The average Bonchev–Trinajstić information content (AvgIpc) is 3.01. The van der Waals surface area contributed by atoms with Crippen LogP contribution < -0.4 is 0 Å². The van der Waals surface area contributed by atoms with Gasteiger partial charge in [0.25, 0.3) is 0 Å². The van der Waals surface area contributed by atoms with Gasteiger partial charge in [-0.25, -0.2) is 4.79 Å². The Kier molecular flexibility index (Phi) is 4.66. The first-order valence-corrected chi connectivity index (χ1v) is 8.07. The number of benzene rings is 1. The quantitative estimate of drug-likeness (QED) is 0.872. The second-order valence-corrected chi connectivity index (χ2v) is 6.79. The van der Waals surface area contributed by atoms with E-state index in [-0.39, 0.29) is 35.1 Å². The lowest BCUT2D eigenvalue weighted by atomic mass is 10.0. The van der Waals surface area contributed by atoms with Crippen LogP contribution in [0.3, 0.4) is 0 Å². The van der Waals surface area contributed by atoms with Gasteiger partial charge in [0, 0.05) is 13.1 Å². The number of nitrogens with zero attached hydrogens (tertiary/aromatic N) is 1. The van der Waals surface area contributed by atoms with E-state index in [0.717, 1.165) is 0 Å². The maximum atomic E-state index is 13.1. The number of fused-ring (bicyclic) bond motifs is 1. The van der Waals surface area contributed by atoms with Crippen molar-refractivity contribution in [2.75, 3.05) is 13.1 Å². The molecule has 0 unspecified atom stereocenters. The van der Waals surface area contributed by atoms with Crippen LogP contribution in [-0.4, -0.2) is 35.3 Å². The van der Waals surface area contributed by atoms with Gasteiger partial charge in [-0.3, -0.25) is 0 Å². The van der Waals surface area contributed by atoms with Crippen LogP contribution in [0.15, 0.2) is 18.2 Å². The van der Waals surface area contributed by atoms with Gasteiger partial charge in [-0.15, -0.1) is 0 Å². The zero-order chi connectivity index (χ0) is 17.5. The first kappa shape index (κ1) is 17.4. The molecule has 3 atom stereocenters. The second kappa shape index (κ2) is 6.44. The summed E-state index contributed by atoms with van der Waals surface area (Å²) in [5.74, 6) is 0.458. The molecule has 1 saturated carbocycles. The van der Waals surface area contributed by atoms with Crippen molar-refractivity contribution >= 4 is 17.7 Å². The molecule has 1 aliphatic heterocycles. The Balaban J connectivity index is 1.61. The number of hydrogen-bond acceptors (Lipinski definition) is 2. The SMILES string of the molecule is O=C(O)N1C[C@H]2C[C@H](OCc3cccc(Cl)c3C(F)(F)F)C[C@H]2C1. The molecule has 0 bridgehead atoms. The predicted molar refractivity (Wildman–Crippen MR) is 80.8 cm³/mol. The topological polar surface area (TPSA) is 49.8 Å². The predicted octanol–water partition coefficient (Wildman–Crippen LogP) is 4.26. The normalized spacial score (nSPS) is 26.7. The third-order valence-electron chi connectivity index (χ3n) is 4.84. The third-order valence-corrected chi connectivity index (χ3v) is 5.15. The lowest BCUT2D eigenvalue weighted by molar-refractivity contribution is -0.139. The van der Waals surface area contributed by atoms with Crippen molar-refractivity contribution in [2.24, 2.45) is 11.8 Å². The maximum Gasteiger partial charge on any atom is 0.418 e. The fourth-order valence-corrected chi connectivity index (χ4v) is 4.05. The van der Waals surface area contributed by atoms with Crippen LogP contribution in [0.2, 0.25) is 5.02 Å². The van der Waals surface area contributed by atoms with Crippen molar-refractivity contribution in [2.45, 2.75) is 31.7 Å². The standard InChI is InChI=1S/C16H17ClF3NO3/c17-13-3-1-2-9(14(13)16(18,19)20)8-24-12-4-10-6-21(15(22)23)7-11(10)5-12/h1-3,10-12H,4-8H2,(H,22,23)/t10-,11+,12+. The Bertz CT molecular complexity index is 623. The van der Waals surface area contributed by atoms with E-state index in [9.17, 15) is 18.0 Å². The first-order valence-electron chi connectivity index (χ1n) is 7.69. The molecule has 1 amide bonds. The van der Waals surface area contributed by atoms with Crippen molar-refractivity contribution in [3.8, 4) is 0 Å². The largest absolute Gasteiger partial charge is 0.465 e. The summed E-state index contributed by atoms with van der Waals surface area (Å²) in [4.78, 5) is 12.4. The minimum absolute atomic E-state index is 0.0271. The number of alkyl halides is 3. The number of carbonyl (C=O) groups is 1. The van der Waals surface area contributed by atoms with Gasteiger partial charge in [0.05, 0.1) is 23.3 Å². The molecule has 1 aromatic carbocycles. The highest BCUT2D eigenvalue weighted by Crippen LogP contribution is 2.41. The number of carboxylic acid groups (broad SMARTS) is 1. The summed E-state index contributed by atoms with van der Waals surface area (Å²) in [5.41, 5.74) is -0.818. The molecule has 24 heavy (non-hydrogen) atoms. The van der Waals surface area contributed by atoms with E-state index in [1.165, 1.54) is 23.1 Å². The number of ether oxygens (including phenoxy) is 1. The lowest BCUT2D eigenvalue weighted by Gasteiger charge is -2.19. The van der Waals surface area contributed by atoms with Crippen molar-refractivity contribution in [3.05, 3.63) is 34.3 Å². The second-order valence-electron chi connectivity index (χ2n) is 6.38. The van der Waals surface area contributed by atoms with Gasteiger partial charge in [-0.1, -0.05) is 23.7 Å². The number of hydrogen-bond donors (Lipinski definition) is 1. The van der Waals surface area contributed by atoms with E-state index in [1.54, 1.807) is 0 Å². The van der Waals surface area contributed by atoms with Gasteiger partial charge in [0.1, 0.15) is 0 Å². The molecule has 1 aliphatic carbocycles. The van der Waals surface area contributed by atoms with Gasteiger partial charge in [0.15, 0.2) is 0 Å². The Labute approximate surface area is 142 Å². The molecule has 0 spiro atoms. The highest BCUT2D eigenvalue weighted by molar-refractivity contribution is 6.31. The van der Waals surface area contributed by atoms with Crippen molar-refractivity contribution in [1.29, 1.82) is 0 Å². The minimum Gasteiger partial charge on any atom is -0.465 e. The molecule has 0 radical (unpaired) electrons. The van der Waals surface area contributed by atoms with Crippen LogP contribution in [0.25, 0.3) is 0 Å². The molecule has 1 heterocycles. The van der Waals surface area contributed by atoms with Crippen LogP contribution in [0.5, 0.6) is 0 Å². The van der Waals surface area contributed by atoms with Crippen LogP contribution in [0.4, 0.5) is 18.0 Å². The molecule has 3 rings (SSSR count). The molecular weight excluding hydrogens is 347 g/mol. The number of rotatable bonds is 3. The van der Waals surface area contributed by atoms with Crippen LogP contribution in [0.1, 0.15) is 24.0 Å².